The van der Waals surface area contributed by atoms with Crippen LogP contribution in [-0.4, -0.2) is 4.07 Å². The molecule has 0 bridgehead atoms. The Kier molecular flexibility index (Phi) is 5.59. The zero-order chi connectivity index (χ0) is 18.1. The van der Waals surface area contributed by atoms with Crippen molar-refractivity contribution >= 4 is 30.8 Å². The predicted octanol–water partition coefficient (Wildman–Crippen LogP) is 6.72. The van der Waals surface area contributed by atoms with Gasteiger partial charge < -0.3 is 9.05 Å². The van der Waals surface area contributed by atoms with Crippen molar-refractivity contribution in [1.29, 1.82) is 0 Å². The molecule has 0 spiro atoms. The summed E-state index contributed by atoms with van der Waals surface area (Å²) in [6, 6.07) is 10.8. The van der Waals surface area contributed by atoms with Gasteiger partial charge in [-0.25, -0.2) is 4.57 Å². The third-order valence-electron chi connectivity index (χ3n) is 3.89. The molecule has 6 heteroatoms. The Balaban J connectivity index is 2.37. The van der Waals surface area contributed by atoms with Crippen LogP contribution in [0, 0.1) is 27.7 Å². The molecule has 2 rings (SSSR count). The molecule has 2 aromatic carbocycles. The molecule has 0 aliphatic carbocycles. The Morgan fingerprint density at radius 3 is 1.46 bits per heavy atom. The van der Waals surface area contributed by atoms with E-state index in [4.69, 9.17) is 32.2 Å². The number of aryl methyl sites for hydroxylation is 4. The van der Waals surface area contributed by atoms with E-state index in [1.165, 1.54) is 6.92 Å². The highest BCUT2D eigenvalue weighted by molar-refractivity contribution is 7.60. The van der Waals surface area contributed by atoms with Crippen LogP contribution in [0.15, 0.2) is 36.4 Å². The molecule has 0 fully saturated rings. The highest BCUT2D eigenvalue weighted by atomic mass is 35.5. The van der Waals surface area contributed by atoms with Gasteiger partial charge in [0.2, 0.25) is 4.07 Å². The lowest BCUT2D eigenvalue weighted by Crippen LogP contribution is -2.17. The third-order valence-corrected chi connectivity index (χ3v) is 7.00. The van der Waals surface area contributed by atoms with Crippen molar-refractivity contribution in [1.82, 2.24) is 0 Å². The zero-order valence-electron chi connectivity index (χ0n) is 14.4. The fourth-order valence-corrected chi connectivity index (χ4v) is 3.55. The van der Waals surface area contributed by atoms with Gasteiger partial charge in [0.25, 0.3) is 0 Å². The van der Waals surface area contributed by atoms with Crippen molar-refractivity contribution in [3.63, 3.8) is 0 Å². The van der Waals surface area contributed by atoms with Crippen molar-refractivity contribution in [2.24, 2.45) is 0 Å². The van der Waals surface area contributed by atoms with E-state index in [0.29, 0.717) is 11.5 Å². The second-order valence-electron chi connectivity index (χ2n) is 6.01. The second kappa shape index (κ2) is 7.00. The first kappa shape index (κ1) is 19.2. The maximum Gasteiger partial charge on any atom is 0.466 e. The maximum atomic E-state index is 13.3. The summed E-state index contributed by atoms with van der Waals surface area (Å²) < 4.78 is 22.8. The van der Waals surface area contributed by atoms with E-state index in [2.05, 4.69) is 0 Å². The van der Waals surface area contributed by atoms with E-state index < -0.39 is 11.7 Å². The minimum atomic E-state index is -3.89. The number of halogens is 2. The van der Waals surface area contributed by atoms with Gasteiger partial charge in [0.15, 0.2) is 0 Å². The quantitative estimate of drug-likeness (QED) is 0.422. The van der Waals surface area contributed by atoms with Crippen molar-refractivity contribution < 1.29 is 13.6 Å². The molecule has 130 valence electrons. The van der Waals surface area contributed by atoms with Crippen molar-refractivity contribution in [3.05, 3.63) is 58.7 Å². The van der Waals surface area contributed by atoms with Crippen molar-refractivity contribution in [2.45, 2.75) is 38.7 Å². The smallest absolute Gasteiger partial charge is 0.414 e. The summed E-state index contributed by atoms with van der Waals surface area (Å²) in [7, 11) is -3.89. The van der Waals surface area contributed by atoms with Crippen LogP contribution < -0.4 is 9.05 Å². The average molecular weight is 387 g/mol. The Morgan fingerprint density at radius 2 is 1.17 bits per heavy atom. The monoisotopic (exact) mass is 386 g/mol. The number of benzene rings is 2. The molecular formula is C18H21Cl2O3P. The second-order valence-corrected chi connectivity index (χ2v) is 10.5. The van der Waals surface area contributed by atoms with Crippen LogP contribution in [0.2, 0.25) is 0 Å². The van der Waals surface area contributed by atoms with Crippen LogP contribution in [0.1, 0.15) is 29.2 Å². The summed E-state index contributed by atoms with van der Waals surface area (Å²) >= 11 is 12.3. The predicted molar refractivity (Wildman–Crippen MR) is 101 cm³/mol. The van der Waals surface area contributed by atoms with Crippen LogP contribution in [-0.2, 0) is 4.57 Å². The van der Waals surface area contributed by atoms with E-state index in [0.717, 1.165) is 22.3 Å². The molecule has 24 heavy (non-hydrogen) atoms. The summed E-state index contributed by atoms with van der Waals surface area (Å²) in [4.78, 5) is 0. The summed E-state index contributed by atoms with van der Waals surface area (Å²) in [5.41, 5.74) is 4.23. The maximum absolute atomic E-state index is 13.3. The molecule has 0 aromatic heterocycles. The largest absolute Gasteiger partial charge is 0.466 e. The van der Waals surface area contributed by atoms with E-state index >= 15 is 0 Å². The molecule has 0 heterocycles. The first-order valence-electron chi connectivity index (χ1n) is 7.53. The Labute approximate surface area is 153 Å². The summed E-state index contributed by atoms with van der Waals surface area (Å²) in [6.45, 7) is 9.25. The first-order chi connectivity index (χ1) is 11.0. The third kappa shape index (κ3) is 4.27. The van der Waals surface area contributed by atoms with Crippen molar-refractivity contribution in [3.8, 4) is 11.5 Å². The standard InChI is InChI=1S/C18H21Cl2O3P/c1-12-6-8-16(10-14(12)3)22-24(21,18(5,19)20)23-17-9-7-13(2)15(4)11-17/h6-11H,1-5H3. The molecule has 0 unspecified atom stereocenters. The van der Waals surface area contributed by atoms with Crippen LogP contribution in [0.25, 0.3) is 0 Å². The van der Waals surface area contributed by atoms with Crippen LogP contribution in [0.3, 0.4) is 0 Å². The lowest BCUT2D eigenvalue weighted by molar-refractivity contribution is 0.379. The lowest BCUT2D eigenvalue weighted by atomic mass is 10.1. The van der Waals surface area contributed by atoms with Gasteiger partial charge in [-0.05, 0) is 81.1 Å². The van der Waals surface area contributed by atoms with E-state index in [-0.39, 0.29) is 0 Å². The highest BCUT2D eigenvalue weighted by Crippen LogP contribution is 2.63. The van der Waals surface area contributed by atoms with Gasteiger partial charge in [0.1, 0.15) is 11.5 Å². The van der Waals surface area contributed by atoms with Gasteiger partial charge in [0, 0.05) is 0 Å². The Morgan fingerprint density at radius 1 is 0.792 bits per heavy atom. The fraction of sp³-hybridized carbons (Fsp3) is 0.333. The number of hydrogen-bond donors (Lipinski definition) is 0. The van der Waals surface area contributed by atoms with E-state index in [1.54, 1.807) is 24.3 Å². The molecule has 0 aliphatic heterocycles. The molecule has 0 saturated carbocycles. The molecule has 0 radical (unpaired) electrons. The normalized spacial score (nSPS) is 12.1. The SMILES string of the molecule is Cc1ccc(OP(=O)(Oc2ccc(C)c(C)c2)C(C)(Cl)Cl)cc1C. The number of alkyl halides is 2. The van der Waals surface area contributed by atoms with Gasteiger partial charge >= 0.3 is 7.60 Å². The van der Waals surface area contributed by atoms with Crippen LogP contribution >= 0.6 is 30.8 Å². The van der Waals surface area contributed by atoms with Crippen LogP contribution in [0.5, 0.6) is 11.5 Å². The van der Waals surface area contributed by atoms with E-state index in [1.807, 2.05) is 39.8 Å². The minimum absolute atomic E-state index is 0.401. The van der Waals surface area contributed by atoms with E-state index in [9.17, 15) is 4.57 Å². The highest BCUT2D eigenvalue weighted by Gasteiger charge is 2.48. The molecular weight excluding hydrogens is 366 g/mol. The molecule has 0 saturated heterocycles. The summed E-state index contributed by atoms with van der Waals surface area (Å²) in [5, 5.41) is 0. The van der Waals surface area contributed by atoms with Gasteiger partial charge in [-0.3, -0.25) is 0 Å². The van der Waals surface area contributed by atoms with Gasteiger partial charge in [-0.15, -0.1) is 0 Å². The average Bonchev–Trinajstić information content (AvgIpc) is 2.46. The molecule has 0 aliphatic rings. The minimum Gasteiger partial charge on any atom is -0.414 e. The van der Waals surface area contributed by atoms with Gasteiger partial charge in [0.05, 0.1) is 0 Å². The number of hydrogen-bond acceptors (Lipinski definition) is 3. The summed E-state index contributed by atoms with van der Waals surface area (Å²) in [6.07, 6.45) is 0. The lowest BCUT2D eigenvalue weighted by Gasteiger charge is -2.27. The van der Waals surface area contributed by atoms with Gasteiger partial charge in [-0.2, -0.15) is 0 Å². The molecule has 0 amide bonds. The fourth-order valence-electron chi connectivity index (χ4n) is 2.00. The molecule has 3 nitrogen and oxygen atoms in total. The molecule has 0 atom stereocenters. The van der Waals surface area contributed by atoms with Crippen LogP contribution in [0.4, 0.5) is 0 Å². The van der Waals surface area contributed by atoms with Gasteiger partial charge in [-0.1, -0.05) is 35.3 Å². The Hall–Kier alpha value is -1.15. The zero-order valence-corrected chi connectivity index (χ0v) is 16.8. The summed E-state index contributed by atoms with van der Waals surface area (Å²) in [5.74, 6) is 0.801. The van der Waals surface area contributed by atoms with Crippen molar-refractivity contribution in [2.75, 3.05) is 0 Å². The molecule has 2 aromatic rings. The first-order valence-corrected chi connectivity index (χ1v) is 9.83. The molecule has 0 N–H and O–H groups in total. The topological polar surface area (TPSA) is 35.5 Å². The Bertz CT molecular complexity index is 740. The number of rotatable bonds is 5.